The number of phenolic OH excluding ortho intramolecular Hbond substituents is 1. The van der Waals surface area contributed by atoms with Crippen LogP contribution in [-0.4, -0.2) is 53.6 Å². The van der Waals surface area contributed by atoms with Crippen LogP contribution in [0, 0.1) is 0 Å². The lowest BCUT2D eigenvalue weighted by atomic mass is 10.1. The Morgan fingerprint density at radius 2 is 1.80 bits per heavy atom. The maximum Gasteiger partial charge on any atom is 0.120 e. The third-order valence-corrected chi connectivity index (χ3v) is 6.60. The minimum absolute atomic E-state index is 0.0605. The smallest absolute Gasteiger partial charge is 0.120 e. The van der Waals surface area contributed by atoms with Crippen LogP contribution < -0.4 is 4.74 Å². The third-order valence-electron chi connectivity index (χ3n) is 5.46. The summed E-state index contributed by atoms with van der Waals surface area (Å²) in [6, 6.07) is 15.5. The molecule has 2 aromatic carbocycles. The first-order valence-electron chi connectivity index (χ1n) is 11.9. The normalized spacial score (nSPS) is 14.1. The van der Waals surface area contributed by atoms with E-state index in [1.165, 1.54) is 78.2 Å². The first kappa shape index (κ1) is 28.2. The van der Waals surface area contributed by atoms with Crippen molar-refractivity contribution in [2.45, 2.75) is 26.2 Å². The van der Waals surface area contributed by atoms with Crippen molar-refractivity contribution in [3.05, 3.63) is 85.2 Å². The highest BCUT2D eigenvalue weighted by Crippen LogP contribution is 2.35. The molecule has 1 aliphatic rings. The number of piperidine rings is 1. The van der Waals surface area contributed by atoms with E-state index < -0.39 is 0 Å². The molecule has 3 N–H and O–H groups in total. The molecule has 1 aliphatic heterocycles. The third kappa shape index (κ3) is 9.99. The number of fused-ring (bicyclic) bond motifs is 1. The molecule has 3 aromatic rings. The second-order valence-corrected chi connectivity index (χ2v) is 9.05. The molecule has 1 aromatic heterocycles. The van der Waals surface area contributed by atoms with E-state index >= 15 is 0 Å². The highest BCUT2D eigenvalue weighted by molar-refractivity contribution is 7.22. The van der Waals surface area contributed by atoms with Gasteiger partial charge in [0.15, 0.2) is 0 Å². The van der Waals surface area contributed by atoms with Crippen LogP contribution in [0.1, 0.15) is 26.2 Å². The predicted octanol–water partition coefficient (Wildman–Crippen LogP) is 6.94. The first-order chi connectivity index (χ1) is 17.0. The number of aliphatic hydroxyl groups is 2. The van der Waals surface area contributed by atoms with E-state index in [4.69, 9.17) is 14.9 Å². The number of methoxy groups -OCH3 is 1. The summed E-state index contributed by atoms with van der Waals surface area (Å²) in [5, 5.41) is 27.5. The number of aromatic hydroxyl groups is 1. The van der Waals surface area contributed by atoms with Crippen LogP contribution in [0.5, 0.6) is 11.5 Å². The molecule has 5 nitrogen and oxygen atoms in total. The quantitative estimate of drug-likeness (QED) is 0.255. The van der Waals surface area contributed by atoms with E-state index in [0.717, 1.165) is 11.3 Å². The number of benzene rings is 2. The van der Waals surface area contributed by atoms with Gasteiger partial charge in [-0.05, 0) is 104 Å². The summed E-state index contributed by atoms with van der Waals surface area (Å²) in [5.41, 5.74) is 1.12. The summed E-state index contributed by atoms with van der Waals surface area (Å²) < 4.78 is 6.43. The molecule has 1 saturated heterocycles. The Morgan fingerprint density at radius 3 is 2.37 bits per heavy atom. The molecule has 0 aliphatic carbocycles. The Hall–Kier alpha value is -3.06. The van der Waals surface area contributed by atoms with Crippen LogP contribution in [0.4, 0.5) is 0 Å². The largest absolute Gasteiger partial charge is 0.508 e. The fourth-order valence-corrected chi connectivity index (χ4v) is 4.63. The number of ether oxygens (including phenoxy) is 1. The van der Waals surface area contributed by atoms with Crippen molar-refractivity contribution in [2.75, 3.05) is 33.4 Å². The standard InChI is InChI=1S/C15H12O2S.C7H15N.C7H10O2/c1-17-13-7-4-11-8-14(18-15(11)9-13)10-2-5-12(16)6-3-10;1-2-8-6-4-3-5-7-8;1-2-4-7(9)5-3-6-8/h2-9,16H,1H3;2-7H2,1H3;2-5,8-9H,1,6H2/b;;5-3-,7-4+. The van der Waals surface area contributed by atoms with Crippen LogP contribution in [0.25, 0.3) is 20.5 Å². The zero-order valence-corrected chi connectivity index (χ0v) is 21.5. The van der Waals surface area contributed by atoms with Gasteiger partial charge in [-0.15, -0.1) is 11.3 Å². The van der Waals surface area contributed by atoms with Crippen molar-refractivity contribution < 1.29 is 20.1 Å². The maximum atomic E-state index is 9.30. The monoisotopic (exact) mass is 495 g/mol. The molecule has 0 atom stereocenters. The Balaban J connectivity index is 0.000000214. The van der Waals surface area contributed by atoms with Crippen LogP contribution in [0.2, 0.25) is 0 Å². The van der Waals surface area contributed by atoms with Crippen molar-refractivity contribution in [1.82, 2.24) is 4.90 Å². The average Bonchev–Trinajstić information content (AvgIpc) is 3.32. The van der Waals surface area contributed by atoms with Crippen molar-refractivity contribution in [3.8, 4) is 21.9 Å². The molecule has 1 fully saturated rings. The summed E-state index contributed by atoms with van der Waals surface area (Å²) in [6.07, 6.45) is 10.1. The predicted molar refractivity (Wildman–Crippen MR) is 149 cm³/mol. The van der Waals surface area contributed by atoms with Gasteiger partial charge < -0.3 is 25.0 Å². The van der Waals surface area contributed by atoms with E-state index in [9.17, 15) is 5.11 Å². The Bertz CT molecular complexity index is 1080. The van der Waals surface area contributed by atoms with Gasteiger partial charge in [0.1, 0.15) is 17.3 Å². The van der Waals surface area contributed by atoms with E-state index in [1.807, 2.05) is 24.3 Å². The van der Waals surface area contributed by atoms with Crippen LogP contribution in [-0.2, 0) is 0 Å². The molecule has 6 heteroatoms. The summed E-state index contributed by atoms with van der Waals surface area (Å²) in [5.74, 6) is 1.27. The number of rotatable bonds is 6. The lowest BCUT2D eigenvalue weighted by Gasteiger charge is -2.24. The number of hydrogen-bond donors (Lipinski definition) is 3. The first-order valence-corrected chi connectivity index (χ1v) is 12.7. The summed E-state index contributed by atoms with van der Waals surface area (Å²) >= 11 is 1.72. The minimum Gasteiger partial charge on any atom is -0.508 e. The van der Waals surface area contributed by atoms with Gasteiger partial charge in [0.25, 0.3) is 0 Å². The van der Waals surface area contributed by atoms with Gasteiger partial charge in [-0.3, -0.25) is 0 Å². The van der Waals surface area contributed by atoms with Gasteiger partial charge in [-0.2, -0.15) is 0 Å². The van der Waals surface area contributed by atoms with Gasteiger partial charge in [0.2, 0.25) is 0 Å². The fraction of sp³-hybridized carbons (Fsp3) is 0.310. The lowest BCUT2D eigenvalue weighted by molar-refractivity contribution is 0.240. The van der Waals surface area contributed by atoms with Gasteiger partial charge in [-0.25, -0.2) is 0 Å². The highest BCUT2D eigenvalue weighted by Gasteiger charge is 2.06. The summed E-state index contributed by atoms with van der Waals surface area (Å²) in [7, 11) is 1.68. The number of nitrogens with zero attached hydrogens (tertiary/aromatic N) is 1. The van der Waals surface area contributed by atoms with E-state index in [2.05, 4.69) is 30.5 Å². The Morgan fingerprint density at radius 1 is 1.09 bits per heavy atom. The van der Waals surface area contributed by atoms with Crippen LogP contribution >= 0.6 is 11.3 Å². The van der Waals surface area contributed by atoms with Crippen LogP contribution in [0.15, 0.2) is 85.2 Å². The number of allylic oxidation sites excluding steroid dienone is 3. The van der Waals surface area contributed by atoms with Crippen molar-refractivity contribution in [2.24, 2.45) is 0 Å². The second kappa shape index (κ2) is 15.8. The molecule has 4 rings (SSSR count). The Labute approximate surface area is 212 Å². The molecule has 2 heterocycles. The van der Waals surface area contributed by atoms with Crippen LogP contribution in [0.3, 0.4) is 0 Å². The van der Waals surface area contributed by atoms with Gasteiger partial charge in [-0.1, -0.05) is 32.1 Å². The summed E-state index contributed by atoms with van der Waals surface area (Å²) in [4.78, 5) is 3.71. The Kier molecular flexibility index (Phi) is 12.7. The van der Waals surface area contributed by atoms with E-state index in [1.54, 1.807) is 30.6 Å². The topological polar surface area (TPSA) is 73.2 Å². The number of hydrogen-bond acceptors (Lipinski definition) is 6. The van der Waals surface area contributed by atoms with Gasteiger partial charge in [0, 0.05) is 9.58 Å². The number of phenols is 1. The molecule has 35 heavy (non-hydrogen) atoms. The lowest BCUT2D eigenvalue weighted by Crippen LogP contribution is -2.29. The minimum atomic E-state index is -0.0605. The van der Waals surface area contributed by atoms with Gasteiger partial charge in [0.05, 0.1) is 13.7 Å². The summed E-state index contributed by atoms with van der Waals surface area (Å²) in [6.45, 7) is 9.49. The van der Waals surface area contributed by atoms with Crippen molar-refractivity contribution in [1.29, 1.82) is 0 Å². The molecule has 188 valence electrons. The van der Waals surface area contributed by atoms with E-state index in [-0.39, 0.29) is 12.4 Å². The average molecular weight is 496 g/mol. The molecule has 0 amide bonds. The number of thiophene rings is 1. The maximum absolute atomic E-state index is 9.30. The zero-order chi connectivity index (χ0) is 25.5. The zero-order valence-electron chi connectivity index (χ0n) is 20.7. The SMILES string of the molecule is C=C/C=C(O)\C=C/CO.CCN1CCCCC1.COc1ccc2cc(-c3ccc(O)cc3)sc2c1. The molecular formula is C29H37NO4S. The molecule has 0 spiro atoms. The number of aliphatic hydroxyl groups excluding tert-OH is 2. The molecule has 0 saturated carbocycles. The number of likely N-dealkylation sites (tertiary alicyclic amines) is 1. The fourth-order valence-electron chi connectivity index (χ4n) is 3.53. The highest BCUT2D eigenvalue weighted by atomic mass is 32.1. The van der Waals surface area contributed by atoms with Crippen molar-refractivity contribution >= 4 is 21.4 Å². The molecule has 0 radical (unpaired) electrons. The van der Waals surface area contributed by atoms with Gasteiger partial charge >= 0.3 is 0 Å². The second-order valence-electron chi connectivity index (χ2n) is 7.97. The molecule has 0 bridgehead atoms. The van der Waals surface area contributed by atoms with Crippen molar-refractivity contribution in [3.63, 3.8) is 0 Å². The molecule has 0 unspecified atom stereocenters. The molecular weight excluding hydrogens is 458 g/mol. The van der Waals surface area contributed by atoms with E-state index in [0.29, 0.717) is 5.75 Å².